The van der Waals surface area contributed by atoms with E-state index in [9.17, 15) is 4.79 Å². The van der Waals surface area contributed by atoms with Gasteiger partial charge in [0.05, 0.1) is 11.3 Å². The maximum Gasteiger partial charge on any atom is 0.257 e. The highest BCUT2D eigenvalue weighted by Gasteiger charge is 2.09. The Kier molecular flexibility index (Phi) is 5.43. The fraction of sp³-hybridized carbons (Fsp3) is 0.250. The number of hydrogen-bond donors (Lipinski definition) is 2. The number of carbonyl (C=O) groups excluding carboxylic acids is 1. The molecule has 0 saturated carbocycles. The number of benzene rings is 1. The van der Waals surface area contributed by atoms with Gasteiger partial charge in [0.25, 0.3) is 5.91 Å². The maximum absolute atomic E-state index is 12.5. The molecule has 26 heavy (non-hydrogen) atoms. The van der Waals surface area contributed by atoms with E-state index in [4.69, 9.17) is 0 Å². The number of pyridine rings is 1. The summed E-state index contributed by atoms with van der Waals surface area (Å²) >= 11 is 0. The highest BCUT2D eigenvalue weighted by atomic mass is 16.1. The van der Waals surface area contributed by atoms with Crippen LogP contribution in [0.2, 0.25) is 0 Å². The number of aryl methyl sites for hydroxylation is 2. The van der Waals surface area contributed by atoms with Crippen LogP contribution in [0.3, 0.4) is 0 Å². The third-order valence-electron chi connectivity index (χ3n) is 4.00. The average molecular weight is 349 g/mol. The minimum atomic E-state index is -0.182. The number of carbonyl (C=O) groups is 1. The van der Waals surface area contributed by atoms with Crippen LogP contribution in [0.25, 0.3) is 5.82 Å². The Morgan fingerprint density at radius 1 is 1.15 bits per heavy atom. The van der Waals surface area contributed by atoms with Gasteiger partial charge in [0.1, 0.15) is 0 Å². The van der Waals surface area contributed by atoms with Crippen LogP contribution >= 0.6 is 0 Å². The molecule has 0 bridgehead atoms. The van der Waals surface area contributed by atoms with Gasteiger partial charge in [-0.2, -0.15) is 5.10 Å². The Morgan fingerprint density at radius 3 is 2.65 bits per heavy atom. The summed E-state index contributed by atoms with van der Waals surface area (Å²) < 4.78 is 1.77. The predicted molar refractivity (Wildman–Crippen MR) is 103 cm³/mol. The molecule has 1 amide bonds. The fourth-order valence-corrected chi connectivity index (χ4v) is 2.74. The lowest BCUT2D eigenvalue weighted by atomic mass is 10.2. The quantitative estimate of drug-likeness (QED) is 0.717. The van der Waals surface area contributed by atoms with E-state index in [1.807, 2.05) is 44.2 Å². The van der Waals surface area contributed by atoms with E-state index in [0.29, 0.717) is 11.4 Å². The van der Waals surface area contributed by atoms with Crippen molar-refractivity contribution in [3.05, 3.63) is 71.2 Å². The molecule has 0 aliphatic carbocycles. The van der Waals surface area contributed by atoms with Crippen LogP contribution in [0.4, 0.5) is 5.69 Å². The SMILES string of the molecule is CCNCc1cccc(NC(=O)c2ccc(-n3nc(C)cc3C)nc2)c1. The number of hydrogen-bond acceptors (Lipinski definition) is 4. The molecule has 3 aromatic rings. The highest BCUT2D eigenvalue weighted by Crippen LogP contribution is 2.14. The molecule has 0 fully saturated rings. The van der Waals surface area contributed by atoms with E-state index >= 15 is 0 Å². The number of aromatic nitrogens is 3. The normalized spacial score (nSPS) is 10.7. The van der Waals surface area contributed by atoms with Gasteiger partial charge in [-0.05, 0) is 56.3 Å². The van der Waals surface area contributed by atoms with Gasteiger partial charge in [-0.1, -0.05) is 19.1 Å². The van der Waals surface area contributed by atoms with Crippen LogP contribution in [0.5, 0.6) is 0 Å². The molecular weight excluding hydrogens is 326 g/mol. The number of amides is 1. The summed E-state index contributed by atoms with van der Waals surface area (Å²) in [6.45, 7) is 7.66. The molecule has 0 aliphatic rings. The second-order valence-electron chi connectivity index (χ2n) is 6.18. The van der Waals surface area contributed by atoms with Crippen molar-refractivity contribution in [3.8, 4) is 5.82 Å². The first-order valence-electron chi connectivity index (χ1n) is 8.67. The molecule has 3 rings (SSSR count). The van der Waals surface area contributed by atoms with Crippen molar-refractivity contribution in [1.82, 2.24) is 20.1 Å². The second-order valence-corrected chi connectivity index (χ2v) is 6.18. The first-order chi connectivity index (χ1) is 12.6. The summed E-state index contributed by atoms with van der Waals surface area (Å²) in [6, 6.07) is 13.4. The van der Waals surface area contributed by atoms with Crippen molar-refractivity contribution in [2.45, 2.75) is 27.3 Å². The van der Waals surface area contributed by atoms with E-state index in [1.54, 1.807) is 23.0 Å². The van der Waals surface area contributed by atoms with Crippen molar-refractivity contribution in [2.24, 2.45) is 0 Å². The van der Waals surface area contributed by atoms with E-state index in [-0.39, 0.29) is 5.91 Å². The topological polar surface area (TPSA) is 71.8 Å². The van der Waals surface area contributed by atoms with Crippen molar-refractivity contribution in [1.29, 1.82) is 0 Å². The van der Waals surface area contributed by atoms with Gasteiger partial charge < -0.3 is 10.6 Å². The molecule has 134 valence electrons. The lowest BCUT2D eigenvalue weighted by Gasteiger charge is -2.09. The highest BCUT2D eigenvalue weighted by molar-refractivity contribution is 6.04. The van der Waals surface area contributed by atoms with E-state index < -0.39 is 0 Å². The Labute approximate surface area is 153 Å². The van der Waals surface area contributed by atoms with Crippen molar-refractivity contribution in [3.63, 3.8) is 0 Å². The maximum atomic E-state index is 12.5. The molecule has 0 aliphatic heterocycles. The predicted octanol–water partition coefficient (Wildman–Crippen LogP) is 3.25. The van der Waals surface area contributed by atoms with Crippen molar-refractivity contribution >= 4 is 11.6 Å². The van der Waals surface area contributed by atoms with Crippen LogP contribution < -0.4 is 10.6 Å². The van der Waals surface area contributed by atoms with Crippen LogP contribution in [0.15, 0.2) is 48.7 Å². The molecule has 0 saturated heterocycles. The van der Waals surface area contributed by atoms with Gasteiger partial charge in [0.15, 0.2) is 5.82 Å². The zero-order valence-electron chi connectivity index (χ0n) is 15.3. The molecule has 1 aromatic carbocycles. The number of nitrogens with one attached hydrogen (secondary N) is 2. The Hall–Kier alpha value is -2.99. The minimum Gasteiger partial charge on any atom is -0.322 e. The summed E-state index contributed by atoms with van der Waals surface area (Å²) in [7, 11) is 0. The first kappa shape index (κ1) is 17.8. The van der Waals surface area contributed by atoms with E-state index in [1.165, 1.54) is 0 Å². The third-order valence-corrected chi connectivity index (χ3v) is 4.00. The van der Waals surface area contributed by atoms with Gasteiger partial charge in [0, 0.05) is 24.1 Å². The number of anilines is 1. The van der Waals surface area contributed by atoms with Gasteiger partial charge >= 0.3 is 0 Å². The molecule has 0 radical (unpaired) electrons. The molecule has 6 nitrogen and oxygen atoms in total. The van der Waals surface area contributed by atoms with E-state index in [2.05, 4.69) is 27.6 Å². The molecule has 2 heterocycles. The number of nitrogens with zero attached hydrogens (tertiary/aromatic N) is 3. The largest absolute Gasteiger partial charge is 0.322 e. The molecule has 6 heteroatoms. The zero-order valence-corrected chi connectivity index (χ0v) is 15.3. The summed E-state index contributed by atoms with van der Waals surface area (Å²) in [4.78, 5) is 16.8. The summed E-state index contributed by atoms with van der Waals surface area (Å²) in [6.07, 6.45) is 1.57. The summed E-state index contributed by atoms with van der Waals surface area (Å²) in [5.41, 5.74) is 4.34. The molecule has 2 N–H and O–H groups in total. The Morgan fingerprint density at radius 2 is 2.00 bits per heavy atom. The standard InChI is InChI=1S/C20H23N5O/c1-4-21-12-16-6-5-7-18(11-16)23-20(26)17-8-9-19(22-13-17)25-15(3)10-14(2)24-25/h5-11,13,21H,4,12H2,1-3H3,(H,23,26). The molecule has 0 atom stereocenters. The smallest absolute Gasteiger partial charge is 0.257 e. The molecule has 0 unspecified atom stereocenters. The lowest BCUT2D eigenvalue weighted by Crippen LogP contribution is -2.14. The zero-order chi connectivity index (χ0) is 18.5. The van der Waals surface area contributed by atoms with Crippen LogP contribution in [0, 0.1) is 13.8 Å². The van der Waals surface area contributed by atoms with Crippen molar-refractivity contribution < 1.29 is 4.79 Å². The van der Waals surface area contributed by atoms with Gasteiger partial charge in [-0.25, -0.2) is 9.67 Å². The van der Waals surface area contributed by atoms with Crippen LogP contribution in [-0.4, -0.2) is 27.2 Å². The third kappa shape index (κ3) is 4.15. The molecular formula is C20H23N5O. The molecule has 0 spiro atoms. The lowest BCUT2D eigenvalue weighted by molar-refractivity contribution is 0.102. The summed E-state index contributed by atoms with van der Waals surface area (Å²) in [5.74, 6) is 0.512. The fourth-order valence-electron chi connectivity index (χ4n) is 2.74. The molecule has 2 aromatic heterocycles. The first-order valence-corrected chi connectivity index (χ1v) is 8.67. The average Bonchev–Trinajstić information content (AvgIpc) is 2.98. The number of rotatable bonds is 6. The summed E-state index contributed by atoms with van der Waals surface area (Å²) in [5, 5.41) is 10.6. The van der Waals surface area contributed by atoms with Gasteiger partial charge in [-0.15, -0.1) is 0 Å². The monoisotopic (exact) mass is 349 g/mol. The Balaban J connectivity index is 1.71. The van der Waals surface area contributed by atoms with Crippen LogP contribution in [0.1, 0.15) is 34.2 Å². The van der Waals surface area contributed by atoms with Crippen LogP contribution in [-0.2, 0) is 6.54 Å². The van der Waals surface area contributed by atoms with Crippen molar-refractivity contribution in [2.75, 3.05) is 11.9 Å². The van der Waals surface area contributed by atoms with Gasteiger partial charge in [-0.3, -0.25) is 4.79 Å². The van der Waals surface area contributed by atoms with Gasteiger partial charge in [0.2, 0.25) is 0 Å². The Bertz CT molecular complexity index is 899. The van der Waals surface area contributed by atoms with E-state index in [0.717, 1.165) is 35.7 Å². The minimum absolute atomic E-state index is 0.182. The second kappa shape index (κ2) is 7.93.